The molecule has 0 aromatic carbocycles. The van der Waals surface area contributed by atoms with Crippen LogP contribution in [0.25, 0.3) is 11.0 Å². The largest absolute Gasteiger partial charge is 0.481 e. The third-order valence-electron chi connectivity index (χ3n) is 3.31. The molecule has 0 unspecified atom stereocenters. The summed E-state index contributed by atoms with van der Waals surface area (Å²) in [6, 6.07) is 0. The zero-order chi connectivity index (χ0) is 14.2. The highest BCUT2D eigenvalue weighted by molar-refractivity contribution is 5.86. The Morgan fingerprint density at radius 3 is 2.68 bits per heavy atom. The molecule has 2 rings (SSSR count). The van der Waals surface area contributed by atoms with Gasteiger partial charge in [0, 0.05) is 19.2 Å². The third kappa shape index (κ3) is 2.25. The summed E-state index contributed by atoms with van der Waals surface area (Å²) < 4.78 is 6.94. The average Bonchev–Trinajstić information content (AvgIpc) is 2.65. The van der Waals surface area contributed by atoms with Gasteiger partial charge in [0.1, 0.15) is 0 Å². The van der Waals surface area contributed by atoms with E-state index in [0.717, 1.165) is 27.9 Å². The van der Waals surface area contributed by atoms with Crippen LogP contribution in [0.4, 0.5) is 0 Å². The van der Waals surface area contributed by atoms with Crippen molar-refractivity contribution in [1.29, 1.82) is 0 Å². The maximum Gasteiger partial charge on any atom is 0.303 e. The summed E-state index contributed by atoms with van der Waals surface area (Å²) in [6.07, 6.45) is 0.561. The lowest BCUT2D eigenvalue weighted by Crippen LogP contribution is -2.04. The zero-order valence-corrected chi connectivity index (χ0v) is 11.5. The van der Waals surface area contributed by atoms with Gasteiger partial charge in [0.25, 0.3) is 0 Å². The minimum absolute atomic E-state index is 0.0947. The molecule has 0 fully saturated rings. The van der Waals surface area contributed by atoms with E-state index in [4.69, 9.17) is 9.84 Å². The minimum Gasteiger partial charge on any atom is -0.481 e. The molecular formula is C13H17N3O3. The Bertz CT molecular complexity index is 646. The Morgan fingerprint density at radius 2 is 2.11 bits per heavy atom. The quantitative estimate of drug-likeness (QED) is 0.906. The number of nitrogens with zero attached hydrogens (tertiary/aromatic N) is 3. The molecule has 0 aliphatic heterocycles. The van der Waals surface area contributed by atoms with Gasteiger partial charge in [-0.25, -0.2) is 9.67 Å². The first-order valence-electron chi connectivity index (χ1n) is 6.04. The number of pyridine rings is 1. The number of methoxy groups -OCH3 is 1. The highest BCUT2D eigenvalue weighted by atomic mass is 16.5. The van der Waals surface area contributed by atoms with Crippen molar-refractivity contribution in [2.75, 3.05) is 7.11 Å². The lowest BCUT2D eigenvalue weighted by Gasteiger charge is -2.10. The first-order chi connectivity index (χ1) is 8.95. The molecule has 0 bridgehead atoms. The van der Waals surface area contributed by atoms with E-state index in [2.05, 4.69) is 10.1 Å². The molecular weight excluding hydrogens is 246 g/mol. The number of fused-ring (bicyclic) bond motifs is 1. The summed E-state index contributed by atoms with van der Waals surface area (Å²) in [5, 5.41) is 13.9. The second kappa shape index (κ2) is 4.87. The molecule has 2 aromatic heterocycles. The van der Waals surface area contributed by atoms with Gasteiger partial charge in [0.15, 0.2) is 5.65 Å². The van der Waals surface area contributed by atoms with Crippen LogP contribution >= 0.6 is 0 Å². The predicted octanol–water partition coefficient (Wildman–Crippen LogP) is 1.61. The van der Waals surface area contributed by atoms with Crippen molar-refractivity contribution in [3.63, 3.8) is 0 Å². The van der Waals surface area contributed by atoms with Gasteiger partial charge in [-0.2, -0.15) is 0 Å². The second-order valence-corrected chi connectivity index (χ2v) is 4.53. The van der Waals surface area contributed by atoms with E-state index in [1.54, 1.807) is 11.8 Å². The molecule has 2 heterocycles. The van der Waals surface area contributed by atoms with E-state index in [9.17, 15) is 4.79 Å². The summed E-state index contributed by atoms with van der Waals surface area (Å²) in [7, 11) is 3.38. The van der Waals surface area contributed by atoms with Crippen molar-refractivity contribution in [1.82, 2.24) is 14.8 Å². The number of hydrogen-bond acceptors (Lipinski definition) is 4. The fourth-order valence-corrected chi connectivity index (χ4v) is 2.34. The van der Waals surface area contributed by atoms with Gasteiger partial charge in [-0.3, -0.25) is 4.79 Å². The summed E-state index contributed by atoms with van der Waals surface area (Å²) in [4.78, 5) is 15.2. The van der Waals surface area contributed by atoms with Crippen molar-refractivity contribution in [2.24, 2.45) is 7.05 Å². The number of aromatic nitrogens is 3. The van der Waals surface area contributed by atoms with Gasteiger partial charge in [-0.05, 0) is 31.4 Å². The number of rotatable bonds is 4. The molecule has 0 radical (unpaired) electrons. The number of hydrogen-bond donors (Lipinski definition) is 1. The van der Waals surface area contributed by atoms with Crippen molar-refractivity contribution in [3.8, 4) is 5.88 Å². The van der Waals surface area contributed by atoms with E-state index in [1.807, 2.05) is 20.9 Å². The summed E-state index contributed by atoms with van der Waals surface area (Å²) in [5.41, 5.74) is 3.55. The average molecular weight is 263 g/mol. The van der Waals surface area contributed by atoms with Gasteiger partial charge in [0.05, 0.1) is 12.5 Å². The molecule has 1 N–H and O–H groups in total. The van der Waals surface area contributed by atoms with Crippen molar-refractivity contribution < 1.29 is 14.6 Å². The monoisotopic (exact) mass is 263 g/mol. The second-order valence-electron chi connectivity index (χ2n) is 4.53. The van der Waals surface area contributed by atoms with Gasteiger partial charge in [-0.15, -0.1) is 5.10 Å². The summed E-state index contributed by atoms with van der Waals surface area (Å²) in [6.45, 7) is 3.85. The Morgan fingerprint density at radius 1 is 1.42 bits per heavy atom. The first kappa shape index (κ1) is 13.3. The van der Waals surface area contributed by atoms with Crippen LogP contribution in [0, 0.1) is 13.8 Å². The van der Waals surface area contributed by atoms with E-state index in [1.165, 1.54) is 0 Å². The highest BCUT2D eigenvalue weighted by Crippen LogP contribution is 2.30. The summed E-state index contributed by atoms with van der Waals surface area (Å²) >= 11 is 0. The molecule has 0 saturated heterocycles. The van der Waals surface area contributed by atoms with Crippen LogP contribution in [0.2, 0.25) is 0 Å². The van der Waals surface area contributed by atoms with Crippen LogP contribution in [0.15, 0.2) is 0 Å². The van der Waals surface area contributed by atoms with E-state index >= 15 is 0 Å². The lowest BCUT2D eigenvalue weighted by atomic mass is 10.0. The van der Waals surface area contributed by atoms with Crippen LogP contribution in [-0.4, -0.2) is 33.0 Å². The van der Waals surface area contributed by atoms with Crippen LogP contribution in [-0.2, 0) is 18.3 Å². The fraction of sp³-hybridized carbons (Fsp3) is 0.462. The predicted molar refractivity (Wildman–Crippen MR) is 70.5 cm³/mol. The molecule has 102 valence electrons. The van der Waals surface area contributed by atoms with Crippen molar-refractivity contribution in [3.05, 3.63) is 16.8 Å². The SMILES string of the molecule is COc1nn(C)c2nc(C)c(CCC(=O)O)c(C)c12. The maximum absolute atomic E-state index is 10.7. The standard InChI is InChI=1S/C13H17N3O3/c1-7-9(5-6-10(17)18)8(2)14-12-11(7)13(19-4)15-16(12)3/h5-6H2,1-4H3,(H,17,18). The molecule has 0 aliphatic carbocycles. The van der Waals surface area contributed by atoms with Crippen LogP contribution in [0.5, 0.6) is 5.88 Å². The first-order valence-corrected chi connectivity index (χ1v) is 6.04. The Hall–Kier alpha value is -2.11. The number of carbonyl (C=O) groups is 1. The molecule has 0 atom stereocenters. The normalized spacial score (nSPS) is 10.9. The van der Waals surface area contributed by atoms with E-state index < -0.39 is 5.97 Å². The smallest absolute Gasteiger partial charge is 0.303 e. The van der Waals surface area contributed by atoms with Crippen molar-refractivity contribution in [2.45, 2.75) is 26.7 Å². The molecule has 0 amide bonds. The number of ether oxygens (including phenoxy) is 1. The minimum atomic E-state index is -0.808. The molecule has 6 heteroatoms. The van der Waals surface area contributed by atoms with Gasteiger partial charge >= 0.3 is 5.97 Å². The molecule has 0 saturated carbocycles. The highest BCUT2D eigenvalue weighted by Gasteiger charge is 2.18. The van der Waals surface area contributed by atoms with Gasteiger partial charge in [0.2, 0.25) is 5.88 Å². The van der Waals surface area contributed by atoms with E-state index in [0.29, 0.717) is 12.3 Å². The van der Waals surface area contributed by atoms with Gasteiger partial charge < -0.3 is 9.84 Å². The number of aryl methyl sites for hydroxylation is 3. The third-order valence-corrected chi connectivity index (χ3v) is 3.31. The van der Waals surface area contributed by atoms with Crippen LogP contribution in [0.3, 0.4) is 0 Å². The topological polar surface area (TPSA) is 77.2 Å². The molecule has 6 nitrogen and oxygen atoms in total. The fourth-order valence-electron chi connectivity index (χ4n) is 2.34. The Balaban J connectivity index is 2.62. The summed E-state index contributed by atoms with van der Waals surface area (Å²) in [5.74, 6) is -0.281. The number of carboxylic acids is 1. The van der Waals surface area contributed by atoms with Crippen LogP contribution < -0.4 is 4.74 Å². The zero-order valence-electron chi connectivity index (χ0n) is 11.5. The Labute approximate surface area is 111 Å². The molecule has 0 aliphatic rings. The molecule has 0 spiro atoms. The van der Waals surface area contributed by atoms with Gasteiger partial charge in [-0.1, -0.05) is 0 Å². The molecule has 2 aromatic rings. The van der Waals surface area contributed by atoms with Crippen molar-refractivity contribution >= 4 is 17.0 Å². The number of aliphatic carboxylic acids is 1. The lowest BCUT2D eigenvalue weighted by molar-refractivity contribution is -0.136. The van der Waals surface area contributed by atoms with E-state index in [-0.39, 0.29) is 6.42 Å². The van der Waals surface area contributed by atoms with Crippen LogP contribution in [0.1, 0.15) is 23.2 Å². The maximum atomic E-state index is 10.7. The molecule has 19 heavy (non-hydrogen) atoms. The Kier molecular flexibility index (Phi) is 3.42. The number of carboxylic acid groups (broad SMARTS) is 1.